The number of carbonyl (C=O) groups is 1. The van der Waals surface area contributed by atoms with Gasteiger partial charge in [-0.1, -0.05) is 0 Å². The molecular weight excluding hydrogens is 252 g/mol. The van der Waals surface area contributed by atoms with Gasteiger partial charge in [0.1, 0.15) is 0 Å². The van der Waals surface area contributed by atoms with E-state index in [1.807, 2.05) is 0 Å². The molecule has 0 atom stereocenters. The Bertz CT molecular complexity index is 540. The minimum absolute atomic E-state index is 0.0528. The SMILES string of the molecule is COc1ccc(C(=O)NCc2cncs2)cc1O. The number of aromatic hydroxyl groups is 1. The van der Waals surface area contributed by atoms with E-state index in [1.54, 1.807) is 23.8 Å². The molecule has 1 amide bonds. The molecule has 2 rings (SSSR count). The van der Waals surface area contributed by atoms with Crippen LogP contribution >= 0.6 is 11.3 Å². The minimum atomic E-state index is -0.249. The summed E-state index contributed by atoms with van der Waals surface area (Å²) in [5, 5.41) is 12.3. The van der Waals surface area contributed by atoms with Crippen molar-refractivity contribution in [2.75, 3.05) is 7.11 Å². The Morgan fingerprint density at radius 2 is 2.39 bits per heavy atom. The molecule has 1 aromatic carbocycles. The van der Waals surface area contributed by atoms with E-state index in [9.17, 15) is 9.90 Å². The lowest BCUT2D eigenvalue weighted by atomic mass is 10.2. The molecule has 1 aromatic heterocycles. The zero-order valence-corrected chi connectivity index (χ0v) is 10.5. The number of rotatable bonds is 4. The van der Waals surface area contributed by atoms with Crippen LogP contribution in [0.15, 0.2) is 29.9 Å². The lowest BCUT2D eigenvalue weighted by Gasteiger charge is -2.06. The summed E-state index contributed by atoms with van der Waals surface area (Å²) in [6.45, 7) is 0.427. The van der Waals surface area contributed by atoms with E-state index in [-0.39, 0.29) is 11.7 Å². The summed E-state index contributed by atoms with van der Waals surface area (Å²) in [6.07, 6.45) is 1.70. The number of carbonyl (C=O) groups excluding carboxylic acids is 1. The van der Waals surface area contributed by atoms with E-state index in [1.165, 1.54) is 24.5 Å². The maximum atomic E-state index is 11.8. The summed E-state index contributed by atoms with van der Waals surface area (Å²) in [4.78, 5) is 16.7. The van der Waals surface area contributed by atoms with E-state index < -0.39 is 0 Å². The fourth-order valence-electron chi connectivity index (χ4n) is 1.43. The first kappa shape index (κ1) is 12.4. The molecule has 2 N–H and O–H groups in total. The quantitative estimate of drug-likeness (QED) is 0.883. The van der Waals surface area contributed by atoms with Crippen LogP contribution in [-0.2, 0) is 6.54 Å². The van der Waals surface area contributed by atoms with Crippen LogP contribution in [0, 0.1) is 0 Å². The number of benzene rings is 1. The van der Waals surface area contributed by atoms with Crippen molar-refractivity contribution in [1.82, 2.24) is 10.3 Å². The first-order chi connectivity index (χ1) is 8.70. The first-order valence-corrected chi connectivity index (χ1v) is 6.11. The number of nitrogens with one attached hydrogen (secondary N) is 1. The van der Waals surface area contributed by atoms with Gasteiger partial charge in [0.2, 0.25) is 0 Å². The average molecular weight is 264 g/mol. The smallest absolute Gasteiger partial charge is 0.251 e. The van der Waals surface area contributed by atoms with E-state index in [0.717, 1.165) is 4.88 Å². The number of phenols is 1. The van der Waals surface area contributed by atoms with Crippen molar-refractivity contribution in [3.8, 4) is 11.5 Å². The monoisotopic (exact) mass is 264 g/mol. The lowest BCUT2D eigenvalue weighted by molar-refractivity contribution is 0.0951. The third-order valence-electron chi connectivity index (χ3n) is 2.35. The van der Waals surface area contributed by atoms with Crippen molar-refractivity contribution in [2.24, 2.45) is 0 Å². The summed E-state index contributed by atoms with van der Waals surface area (Å²) < 4.78 is 4.91. The lowest BCUT2D eigenvalue weighted by Crippen LogP contribution is -2.22. The number of amides is 1. The Morgan fingerprint density at radius 3 is 3.00 bits per heavy atom. The minimum Gasteiger partial charge on any atom is -0.504 e. The van der Waals surface area contributed by atoms with Crippen LogP contribution in [0.2, 0.25) is 0 Å². The van der Waals surface area contributed by atoms with Crippen LogP contribution in [0.3, 0.4) is 0 Å². The van der Waals surface area contributed by atoms with Crippen LogP contribution in [-0.4, -0.2) is 23.1 Å². The molecule has 6 heteroatoms. The second-order valence-electron chi connectivity index (χ2n) is 3.54. The van der Waals surface area contributed by atoms with E-state index in [2.05, 4.69) is 10.3 Å². The highest BCUT2D eigenvalue weighted by Gasteiger charge is 2.09. The van der Waals surface area contributed by atoms with Crippen LogP contribution < -0.4 is 10.1 Å². The first-order valence-electron chi connectivity index (χ1n) is 5.23. The Balaban J connectivity index is 2.02. The highest BCUT2D eigenvalue weighted by Crippen LogP contribution is 2.26. The Hall–Kier alpha value is -2.08. The third kappa shape index (κ3) is 2.78. The molecular formula is C12H12N2O3S. The molecule has 2 aromatic rings. The Kier molecular flexibility index (Phi) is 3.78. The number of aromatic nitrogens is 1. The molecule has 0 unspecified atom stereocenters. The average Bonchev–Trinajstić information content (AvgIpc) is 2.89. The number of hydrogen-bond donors (Lipinski definition) is 2. The van der Waals surface area contributed by atoms with Crippen molar-refractivity contribution >= 4 is 17.2 Å². The molecule has 0 saturated carbocycles. The Labute approximate surface area is 108 Å². The van der Waals surface area contributed by atoms with Gasteiger partial charge in [-0.05, 0) is 18.2 Å². The van der Waals surface area contributed by atoms with Gasteiger partial charge in [-0.3, -0.25) is 9.78 Å². The van der Waals surface area contributed by atoms with Crippen molar-refractivity contribution in [3.63, 3.8) is 0 Å². The number of methoxy groups -OCH3 is 1. The van der Waals surface area contributed by atoms with E-state index >= 15 is 0 Å². The van der Waals surface area contributed by atoms with Gasteiger partial charge in [0.25, 0.3) is 5.91 Å². The fourth-order valence-corrected chi connectivity index (χ4v) is 1.96. The molecule has 18 heavy (non-hydrogen) atoms. The van der Waals surface area contributed by atoms with Crippen LogP contribution in [0.5, 0.6) is 11.5 Å². The zero-order valence-electron chi connectivity index (χ0n) is 9.71. The predicted molar refractivity (Wildman–Crippen MR) is 67.9 cm³/mol. The number of hydrogen-bond acceptors (Lipinski definition) is 5. The molecule has 5 nitrogen and oxygen atoms in total. The second kappa shape index (κ2) is 5.50. The van der Waals surface area contributed by atoms with Crippen LogP contribution in [0.25, 0.3) is 0 Å². The maximum absolute atomic E-state index is 11.8. The number of thiazole rings is 1. The van der Waals surface area contributed by atoms with Gasteiger partial charge >= 0.3 is 0 Å². The Morgan fingerprint density at radius 1 is 1.56 bits per heavy atom. The molecule has 94 valence electrons. The van der Waals surface area contributed by atoms with Crippen molar-refractivity contribution in [3.05, 3.63) is 40.3 Å². The summed E-state index contributed by atoms with van der Waals surface area (Å²) in [6, 6.07) is 4.53. The van der Waals surface area contributed by atoms with Crippen molar-refractivity contribution < 1.29 is 14.6 Å². The van der Waals surface area contributed by atoms with Gasteiger partial charge in [-0.25, -0.2) is 0 Å². The number of nitrogens with zero attached hydrogens (tertiary/aromatic N) is 1. The van der Waals surface area contributed by atoms with Crippen molar-refractivity contribution in [1.29, 1.82) is 0 Å². The topological polar surface area (TPSA) is 71.5 Å². The molecule has 0 radical (unpaired) electrons. The fraction of sp³-hybridized carbons (Fsp3) is 0.167. The van der Waals surface area contributed by atoms with Gasteiger partial charge in [-0.15, -0.1) is 11.3 Å². The molecule has 0 aliphatic carbocycles. The molecule has 0 saturated heterocycles. The maximum Gasteiger partial charge on any atom is 0.251 e. The summed E-state index contributed by atoms with van der Waals surface area (Å²) in [5.41, 5.74) is 2.10. The van der Waals surface area contributed by atoms with Gasteiger partial charge in [0.15, 0.2) is 11.5 Å². The van der Waals surface area contributed by atoms with Gasteiger partial charge < -0.3 is 15.2 Å². The van der Waals surface area contributed by atoms with E-state index in [0.29, 0.717) is 17.9 Å². The highest BCUT2D eigenvalue weighted by molar-refractivity contribution is 7.09. The second-order valence-corrected chi connectivity index (χ2v) is 4.51. The van der Waals surface area contributed by atoms with Crippen molar-refractivity contribution in [2.45, 2.75) is 6.54 Å². The normalized spacial score (nSPS) is 10.1. The molecule has 1 heterocycles. The third-order valence-corrected chi connectivity index (χ3v) is 3.13. The summed E-state index contributed by atoms with van der Waals surface area (Å²) in [7, 11) is 1.46. The van der Waals surface area contributed by atoms with Gasteiger partial charge in [0, 0.05) is 16.6 Å². The largest absolute Gasteiger partial charge is 0.504 e. The zero-order chi connectivity index (χ0) is 13.0. The molecule has 0 aliphatic heterocycles. The van der Waals surface area contributed by atoms with Crippen LogP contribution in [0.1, 0.15) is 15.2 Å². The number of phenolic OH excluding ortho intramolecular Hbond substituents is 1. The standard InChI is InChI=1S/C12H12N2O3S/c1-17-11-3-2-8(4-10(11)15)12(16)14-6-9-5-13-7-18-9/h2-5,7,15H,6H2,1H3,(H,14,16). The molecule has 0 bridgehead atoms. The molecule has 0 aliphatic rings. The molecule has 0 spiro atoms. The van der Waals surface area contributed by atoms with Gasteiger partial charge in [0.05, 0.1) is 19.2 Å². The van der Waals surface area contributed by atoms with E-state index in [4.69, 9.17) is 4.74 Å². The highest BCUT2D eigenvalue weighted by atomic mass is 32.1. The van der Waals surface area contributed by atoms with Crippen LogP contribution in [0.4, 0.5) is 0 Å². The predicted octanol–water partition coefficient (Wildman–Crippen LogP) is 1.79. The molecule has 0 fully saturated rings. The summed E-state index contributed by atoms with van der Waals surface area (Å²) in [5.74, 6) is 0.0401. The summed E-state index contributed by atoms with van der Waals surface area (Å²) >= 11 is 1.47. The number of ether oxygens (including phenoxy) is 1. The van der Waals surface area contributed by atoms with Gasteiger partial charge in [-0.2, -0.15) is 0 Å².